The molecule has 5 N–H and O–H groups in total. The molecular formula is C35H41N5O5. The van der Waals surface area contributed by atoms with Crippen molar-refractivity contribution in [1.29, 1.82) is 5.26 Å². The number of rotatable bonds is 13. The van der Waals surface area contributed by atoms with E-state index in [1.54, 1.807) is 48.5 Å². The van der Waals surface area contributed by atoms with Crippen molar-refractivity contribution >= 4 is 29.5 Å². The first-order chi connectivity index (χ1) is 21.3. The van der Waals surface area contributed by atoms with Gasteiger partial charge in [0.25, 0.3) is 5.91 Å². The van der Waals surface area contributed by atoms with Crippen LogP contribution >= 0.6 is 0 Å². The summed E-state index contributed by atoms with van der Waals surface area (Å²) in [5.41, 5.74) is 2.56. The second kappa shape index (κ2) is 16.1. The molecule has 0 aromatic heterocycles. The average Bonchev–Trinajstić information content (AvgIpc) is 2.99. The van der Waals surface area contributed by atoms with Crippen molar-refractivity contribution in [3.8, 4) is 11.8 Å². The van der Waals surface area contributed by atoms with Gasteiger partial charge in [-0.2, -0.15) is 5.26 Å². The number of anilines is 1. The number of aryl methyl sites for hydroxylation is 1. The summed E-state index contributed by atoms with van der Waals surface area (Å²) >= 11 is 0. The van der Waals surface area contributed by atoms with Gasteiger partial charge in [0, 0.05) is 17.8 Å². The van der Waals surface area contributed by atoms with Crippen LogP contribution in [0.25, 0.3) is 6.08 Å². The van der Waals surface area contributed by atoms with E-state index in [9.17, 15) is 24.8 Å². The Morgan fingerprint density at radius 3 is 2.29 bits per heavy atom. The number of aliphatic hydroxyl groups is 1. The minimum atomic E-state index is -1.12. The number of hydrogen-bond donors (Lipinski definition) is 5. The van der Waals surface area contributed by atoms with Gasteiger partial charge in [-0.25, -0.2) is 0 Å². The number of ether oxygens (including phenoxy) is 1. The summed E-state index contributed by atoms with van der Waals surface area (Å²) in [5, 5.41) is 31.3. The van der Waals surface area contributed by atoms with Crippen LogP contribution in [0, 0.1) is 18.3 Å². The van der Waals surface area contributed by atoms with Crippen LogP contribution in [0.5, 0.6) is 5.75 Å². The van der Waals surface area contributed by atoms with Gasteiger partial charge in [-0.1, -0.05) is 60.2 Å². The number of nitrogens with zero attached hydrogens (tertiary/aromatic N) is 1. The van der Waals surface area contributed by atoms with Gasteiger partial charge in [0.1, 0.15) is 36.1 Å². The van der Waals surface area contributed by atoms with Crippen molar-refractivity contribution in [3.63, 3.8) is 0 Å². The second-order valence-corrected chi connectivity index (χ2v) is 11.8. The Bertz CT molecular complexity index is 1520. The highest BCUT2D eigenvalue weighted by Crippen LogP contribution is 2.17. The van der Waals surface area contributed by atoms with E-state index in [2.05, 4.69) is 21.3 Å². The molecule has 45 heavy (non-hydrogen) atoms. The monoisotopic (exact) mass is 611 g/mol. The first kappa shape index (κ1) is 34.4. The molecule has 3 amide bonds. The Balaban J connectivity index is 1.78. The highest BCUT2D eigenvalue weighted by Gasteiger charge is 2.29. The molecule has 3 atom stereocenters. The molecule has 0 spiro atoms. The zero-order valence-electron chi connectivity index (χ0n) is 26.3. The Morgan fingerprint density at radius 2 is 1.67 bits per heavy atom. The Labute approximate surface area is 264 Å². The number of carbonyl (C=O) groups is 3. The summed E-state index contributed by atoms with van der Waals surface area (Å²) in [4.78, 5) is 39.2. The molecule has 3 aromatic carbocycles. The second-order valence-electron chi connectivity index (χ2n) is 11.8. The number of nitriles is 1. The normalized spacial score (nSPS) is 13.4. The van der Waals surface area contributed by atoms with Crippen LogP contribution in [0.15, 0.2) is 84.4 Å². The third kappa shape index (κ3) is 11.5. The number of aliphatic hydroxyl groups excluding tert-OH is 1. The number of carbonyl (C=O) groups excluding carboxylic acids is 3. The van der Waals surface area contributed by atoms with Crippen molar-refractivity contribution < 1.29 is 24.2 Å². The van der Waals surface area contributed by atoms with Crippen LogP contribution in [0.1, 0.15) is 44.4 Å². The smallest absolute Gasteiger partial charge is 0.262 e. The van der Waals surface area contributed by atoms with Crippen molar-refractivity contribution in [2.24, 2.45) is 0 Å². The van der Waals surface area contributed by atoms with E-state index >= 15 is 0 Å². The molecule has 0 bridgehead atoms. The fourth-order valence-electron chi connectivity index (χ4n) is 4.18. The van der Waals surface area contributed by atoms with E-state index in [-0.39, 0.29) is 18.7 Å². The summed E-state index contributed by atoms with van der Waals surface area (Å²) in [6.45, 7) is 8.93. The van der Waals surface area contributed by atoms with Crippen LogP contribution in [0.2, 0.25) is 0 Å². The number of para-hydroxylation sites is 1. The van der Waals surface area contributed by atoms with Gasteiger partial charge in [-0.3, -0.25) is 14.4 Å². The topological polar surface area (TPSA) is 153 Å². The molecule has 10 nitrogen and oxygen atoms in total. The lowest BCUT2D eigenvalue weighted by molar-refractivity contribution is -0.131. The van der Waals surface area contributed by atoms with Gasteiger partial charge in [0.05, 0.1) is 6.10 Å². The van der Waals surface area contributed by atoms with Crippen molar-refractivity contribution in [3.05, 3.63) is 101 Å². The van der Waals surface area contributed by atoms with E-state index in [1.807, 2.05) is 64.1 Å². The van der Waals surface area contributed by atoms with Gasteiger partial charge in [0.15, 0.2) is 0 Å². The van der Waals surface area contributed by atoms with Crippen LogP contribution in [-0.4, -0.2) is 53.2 Å². The SMILES string of the molecule is Cc1ccc(CNC(=O)[C@H](COc2cccc(C=C(C#N)C(=O)NC(C)(C)C)c2)NC(=O)[C@@H](Nc2ccccc2)[C@@H](C)O)cc1. The van der Waals surface area contributed by atoms with Crippen molar-refractivity contribution in [2.45, 2.75) is 64.9 Å². The summed E-state index contributed by atoms with van der Waals surface area (Å²) in [6, 6.07) is 23.1. The van der Waals surface area contributed by atoms with Gasteiger partial charge >= 0.3 is 0 Å². The lowest BCUT2D eigenvalue weighted by Gasteiger charge is -2.25. The predicted octanol–water partition coefficient (Wildman–Crippen LogP) is 3.86. The minimum absolute atomic E-state index is 0.0715. The summed E-state index contributed by atoms with van der Waals surface area (Å²) < 4.78 is 5.94. The third-order valence-electron chi connectivity index (χ3n) is 6.52. The van der Waals surface area contributed by atoms with E-state index in [0.29, 0.717) is 17.0 Å². The molecule has 0 saturated carbocycles. The zero-order chi connectivity index (χ0) is 33.0. The lowest BCUT2D eigenvalue weighted by Crippen LogP contribution is -2.55. The average molecular weight is 612 g/mol. The van der Waals surface area contributed by atoms with E-state index in [1.165, 1.54) is 13.0 Å². The molecule has 0 unspecified atom stereocenters. The molecular weight excluding hydrogens is 570 g/mol. The standard InChI is InChI=1S/C35H41N5O5/c1-23-14-16-25(17-15-23)21-37-33(43)30(39-34(44)31(24(2)41)38-28-11-7-6-8-12-28)22-45-29-13-9-10-26(19-29)18-27(20-36)32(42)40-35(3,4)5/h6-19,24,30-31,38,41H,21-22H2,1-5H3,(H,37,43)(H,39,44)(H,40,42)/t24-,30+,31+/m1/s1. The molecule has 0 saturated heterocycles. The predicted molar refractivity (Wildman–Crippen MR) is 174 cm³/mol. The molecule has 0 aliphatic carbocycles. The highest BCUT2D eigenvalue weighted by molar-refractivity contribution is 6.02. The third-order valence-corrected chi connectivity index (χ3v) is 6.52. The summed E-state index contributed by atoms with van der Waals surface area (Å²) in [6.07, 6.45) is 0.375. The highest BCUT2D eigenvalue weighted by atomic mass is 16.5. The van der Waals surface area contributed by atoms with Gasteiger partial charge < -0.3 is 31.1 Å². The zero-order valence-corrected chi connectivity index (χ0v) is 26.3. The quantitative estimate of drug-likeness (QED) is 0.145. The van der Waals surface area contributed by atoms with Crippen molar-refractivity contribution in [2.75, 3.05) is 11.9 Å². The molecule has 0 radical (unpaired) electrons. The molecule has 0 aliphatic heterocycles. The van der Waals surface area contributed by atoms with E-state index in [0.717, 1.165) is 11.1 Å². The molecule has 10 heteroatoms. The lowest BCUT2D eigenvalue weighted by atomic mass is 10.1. The fourth-order valence-corrected chi connectivity index (χ4v) is 4.18. The van der Waals surface area contributed by atoms with Crippen molar-refractivity contribution in [1.82, 2.24) is 16.0 Å². The number of benzene rings is 3. The largest absolute Gasteiger partial charge is 0.491 e. The van der Waals surface area contributed by atoms with E-state index < -0.39 is 41.4 Å². The first-order valence-electron chi connectivity index (χ1n) is 14.6. The number of nitrogens with one attached hydrogen (secondary N) is 4. The van der Waals surface area contributed by atoms with Crippen LogP contribution in [-0.2, 0) is 20.9 Å². The molecule has 3 rings (SSSR count). The van der Waals surface area contributed by atoms with Gasteiger partial charge in [-0.05, 0) is 76.1 Å². The van der Waals surface area contributed by atoms with Gasteiger partial charge in [-0.15, -0.1) is 0 Å². The molecule has 236 valence electrons. The van der Waals surface area contributed by atoms with Gasteiger partial charge in [0.2, 0.25) is 11.8 Å². The Morgan fingerprint density at radius 1 is 0.978 bits per heavy atom. The Kier molecular flexibility index (Phi) is 12.3. The van der Waals surface area contributed by atoms with E-state index in [4.69, 9.17) is 4.74 Å². The number of amides is 3. The maximum atomic E-state index is 13.4. The maximum Gasteiger partial charge on any atom is 0.262 e. The first-order valence-corrected chi connectivity index (χ1v) is 14.6. The maximum absolute atomic E-state index is 13.4. The minimum Gasteiger partial charge on any atom is -0.491 e. The molecule has 0 fully saturated rings. The van der Waals surface area contributed by atoms with Crippen LogP contribution < -0.4 is 26.0 Å². The Hall–Kier alpha value is -5.14. The molecule has 0 aliphatic rings. The fraction of sp³-hybridized carbons (Fsp3) is 0.314. The molecule has 3 aromatic rings. The van der Waals surface area contributed by atoms with Crippen LogP contribution in [0.3, 0.4) is 0 Å². The van der Waals surface area contributed by atoms with Crippen LogP contribution in [0.4, 0.5) is 5.69 Å². The number of hydrogen-bond acceptors (Lipinski definition) is 7. The summed E-state index contributed by atoms with van der Waals surface area (Å²) in [5.74, 6) is -1.21. The summed E-state index contributed by atoms with van der Waals surface area (Å²) in [7, 11) is 0. The molecule has 0 heterocycles.